The van der Waals surface area contributed by atoms with E-state index in [9.17, 15) is 0 Å². The molecule has 0 aliphatic rings. The molecule has 0 atom stereocenters. The van der Waals surface area contributed by atoms with E-state index in [0.717, 1.165) is 21.1 Å². The smallest absolute Gasteiger partial charge is 0.225 e. The van der Waals surface area contributed by atoms with Crippen LogP contribution in [0.15, 0.2) is 40.4 Å². The highest BCUT2D eigenvalue weighted by Gasteiger charge is 2.10. The van der Waals surface area contributed by atoms with E-state index in [-0.39, 0.29) is 5.28 Å². The van der Waals surface area contributed by atoms with Crippen molar-refractivity contribution in [3.05, 3.63) is 35.7 Å². The summed E-state index contributed by atoms with van der Waals surface area (Å²) in [5.41, 5.74) is 0.635. The van der Waals surface area contributed by atoms with Crippen LogP contribution in [0.3, 0.4) is 0 Å². The van der Waals surface area contributed by atoms with Crippen LogP contribution in [-0.4, -0.2) is 27.3 Å². The zero-order valence-corrected chi connectivity index (χ0v) is 11.5. The molecule has 0 saturated carbocycles. The van der Waals surface area contributed by atoms with Gasteiger partial charge >= 0.3 is 0 Å². The van der Waals surface area contributed by atoms with Crippen molar-refractivity contribution in [3.63, 3.8) is 0 Å². The first-order chi connectivity index (χ1) is 9.26. The number of benzene rings is 1. The Kier molecular flexibility index (Phi) is 3.27. The minimum Gasteiger partial charge on any atom is -0.497 e. The summed E-state index contributed by atoms with van der Waals surface area (Å²) in [4.78, 5) is 9.35. The summed E-state index contributed by atoms with van der Waals surface area (Å²) >= 11 is 7.40. The number of nitrogens with one attached hydrogen (secondary N) is 1. The second-order valence-electron chi connectivity index (χ2n) is 3.71. The fourth-order valence-corrected chi connectivity index (χ4v) is 2.72. The topological polar surface area (TPSA) is 63.7 Å². The molecule has 0 aliphatic carbocycles. The molecule has 2 aromatic heterocycles. The Balaban J connectivity index is 1.97. The lowest BCUT2D eigenvalue weighted by atomic mass is 10.3. The Hall–Kier alpha value is -1.79. The van der Waals surface area contributed by atoms with Crippen molar-refractivity contribution < 1.29 is 4.74 Å². The largest absolute Gasteiger partial charge is 0.497 e. The van der Waals surface area contributed by atoms with Crippen LogP contribution in [0, 0.1) is 0 Å². The summed E-state index contributed by atoms with van der Waals surface area (Å²) in [5.74, 6) is 0.818. The molecule has 2 heterocycles. The Bertz CT molecular complexity index is 713. The number of hydrogen-bond donors (Lipinski definition) is 1. The van der Waals surface area contributed by atoms with Gasteiger partial charge in [0.1, 0.15) is 10.8 Å². The van der Waals surface area contributed by atoms with Crippen LogP contribution in [0.4, 0.5) is 0 Å². The number of rotatable bonds is 3. The van der Waals surface area contributed by atoms with Gasteiger partial charge in [-0.25, -0.2) is 4.98 Å². The molecule has 19 heavy (non-hydrogen) atoms. The van der Waals surface area contributed by atoms with Crippen LogP contribution in [0.5, 0.6) is 5.75 Å². The molecule has 96 valence electrons. The van der Waals surface area contributed by atoms with E-state index in [1.54, 1.807) is 13.3 Å². The van der Waals surface area contributed by atoms with Crippen LogP contribution >= 0.6 is 23.4 Å². The second kappa shape index (κ2) is 5.07. The van der Waals surface area contributed by atoms with Crippen LogP contribution in [0.2, 0.25) is 5.28 Å². The van der Waals surface area contributed by atoms with Gasteiger partial charge < -0.3 is 4.74 Å². The van der Waals surface area contributed by atoms with Crippen molar-refractivity contribution in [2.75, 3.05) is 7.11 Å². The van der Waals surface area contributed by atoms with Crippen molar-refractivity contribution in [1.29, 1.82) is 0 Å². The minimum absolute atomic E-state index is 0.202. The molecule has 7 heteroatoms. The lowest BCUT2D eigenvalue weighted by Gasteiger charge is -2.04. The van der Waals surface area contributed by atoms with Crippen molar-refractivity contribution in [3.8, 4) is 5.75 Å². The molecule has 0 unspecified atom stereocenters. The van der Waals surface area contributed by atoms with E-state index in [4.69, 9.17) is 16.3 Å². The first-order valence-electron chi connectivity index (χ1n) is 5.45. The summed E-state index contributed by atoms with van der Waals surface area (Å²) in [6, 6.07) is 7.73. The third kappa shape index (κ3) is 2.50. The van der Waals surface area contributed by atoms with E-state index < -0.39 is 0 Å². The standard InChI is InChI=1S/C12H9ClN4OS/c1-18-7-2-4-8(5-3-7)19-11-9-6-14-17-10(9)15-12(13)16-11/h2-6H,1H3,(H,14,15,16,17). The normalized spacial score (nSPS) is 10.8. The van der Waals surface area contributed by atoms with Gasteiger partial charge in [-0.1, -0.05) is 11.8 Å². The fraction of sp³-hybridized carbons (Fsp3) is 0.0833. The first-order valence-corrected chi connectivity index (χ1v) is 6.64. The summed E-state index contributed by atoms with van der Waals surface area (Å²) < 4.78 is 5.13. The molecule has 0 fully saturated rings. The predicted octanol–water partition coefficient (Wildman–Crippen LogP) is 3.17. The predicted molar refractivity (Wildman–Crippen MR) is 73.8 cm³/mol. The number of halogens is 1. The molecule has 0 spiro atoms. The van der Waals surface area contributed by atoms with Crippen molar-refractivity contribution in [2.24, 2.45) is 0 Å². The van der Waals surface area contributed by atoms with Crippen LogP contribution in [0.1, 0.15) is 0 Å². The molecule has 0 radical (unpaired) electrons. The Morgan fingerprint density at radius 1 is 1.21 bits per heavy atom. The van der Waals surface area contributed by atoms with E-state index in [1.807, 2.05) is 24.3 Å². The lowest BCUT2D eigenvalue weighted by molar-refractivity contribution is 0.414. The third-order valence-corrected chi connectivity index (χ3v) is 3.70. The highest BCUT2D eigenvalue weighted by atomic mass is 35.5. The average Bonchev–Trinajstić information content (AvgIpc) is 2.88. The molecule has 0 bridgehead atoms. The molecule has 5 nitrogen and oxygen atoms in total. The van der Waals surface area contributed by atoms with Gasteiger partial charge in [0.15, 0.2) is 5.65 Å². The van der Waals surface area contributed by atoms with Gasteiger partial charge in [-0.15, -0.1) is 0 Å². The molecule has 1 aromatic carbocycles. The summed E-state index contributed by atoms with van der Waals surface area (Å²) in [6.07, 6.45) is 1.69. The zero-order valence-electron chi connectivity index (χ0n) is 9.92. The maximum absolute atomic E-state index is 5.89. The Labute approximate surface area is 118 Å². The molecule has 1 N–H and O–H groups in total. The maximum atomic E-state index is 5.89. The zero-order chi connectivity index (χ0) is 13.2. The fourth-order valence-electron chi connectivity index (χ4n) is 1.62. The van der Waals surface area contributed by atoms with Crippen LogP contribution in [-0.2, 0) is 0 Å². The minimum atomic E-state index is 0.202. The summed E-state index contributed by atoms with van der Waals surface area (Å²) in [6.45, 7) is 0. The highest BCUT2D eigenvalue weighted by molar-refractivity contribution is 7.99. The van der Waals surface area contributed by atoms with Crippen LogP contribution in [0.25, 0.3) is 11.0 Å². The van der Waals surface area contributed by atoms with Crippen LogP contribution < -0.4 is 4.74 Å². The maximum Gasteiger partial charge on any atom is 0.225 e. The van der Waals surface area contributed by atoms with E-state index in [0.29, 0.717) is 5.65 Å². The quantitative estimate of drug-likeness (QED) is 0.593. The molecular formula is C12H9ClN4OS. The molecule has 0 saturated heterocycles. The van der Waals surface area contributed by atoms with E-state index >= 15 is 0 Å². The average molecular weight is 293 g/mol. The molecular weight excluding hydrogens is 284 g/mol. The summed E-state index contributed by atoms with van der Waals surface area (Å²) in [7, 11) is 1.64. The SMILES string of the molecule is COc1ccc(Sc2nc(Cl)nc3[nH]ncc23)cc1. The molecule has 3 rings (SSSR count). The number of hydrogen-bond acceptors (Lipinski definition) is 5. The molecule has 0 amide bonds. The van der Waals surface area contributed by atoms with Gasteiger partial charge in [-0.05, 0) is 35.9 Å². The number of fused-ring (bicyclic) bond motifs is 1. The first kappa shape index (κ1) is 12.3. The summed E-state index contributed by atoms with van der Waals surface area (Å²) in [5, 5.41) is 8.56. The number of aromatic amines is 1. The monoisotopic (exact) mass is 292 g/mol. The van der Waals surface area contributed by atoms with E-state index in [1.165, 1.54) is 11.8 Å². The van der Waals surface area contributed by atoms with Gasteiger partial charge in [0.25, 0.3) is 0 Å². The number of aromatic nitrogens is 4. The van der Waals surface area contributed by atoms with Gasteiger partial charge in [0.05, 0.1) is 18.7 Å². The number of nitrogens with zero attached hydrogens (tertiary/aromatic N) is 3. The van der Waals surface area contributed by atoms with Crippen molar-refractivity contribution in [2.45, 2.75) is 9.92 Å². The van der Waals surface area contributed by atoms with Gasteiger partial charge in [0.2, 0.25) is 5.28 Å². The van der Waals surface area contributed by atoms with Gasteiger partial charge in [0, 0.05) is 4.90 Å². The number of methoxy groups -OCH3 is 1. The molecule has 0 aliphatic heterocycles. The van der Waals surface area contributed by atoms with Crippen molar-refractivity contribution in [1.82, 2.24) is 20.2 Å². The third-order valence-electron chi connectivity index (χ3n) is 2.52. The number of ether oxygens (including phenoxy) is 1. The Morgan fingerprint density at radius 3 is 2.74 bits per heavy atom. The number of H-pyrrole nitrogens is 1. The Morgan fingerprint density at radius 2 is 2.00 bits per heavy atom. The second-order valence-corrected chi connectivity index (χ2v) is 5.11. The highest BCUT2D eigenvalue weighted by Crippen LogP contribution is 2.32. The lowest BCUT2D eigenvalue weighted by Crippen LogP contribution is -1.88. The van der Waals surface area contributed by atoms with E-state index in [2.05, 4.69) is 20.2 Å². The van der Waals surface area contributed by atoms with Crippen molar-refractivity contribution >= 4 is 34.4 Å². The molecule has 3 aromatic rings. The van der Waals surface area contributed by atoms with Gasteiger partial charge in [-0.2, -0.15) is 10.1 Å². The van der Waals surface area contributed by atoms with Gasteiger partial charge in [-0.3, -0.25) is 5.10 Å².